The van der Waals surface area contributed by atoms with E-state index in [2.05, 4.69) is 73.8 Å². The van der Waals surface area contributed by atoms with Gasteiger partial charge in [0.1, 0.15) is 66.5 Å². The number of carboxylic acids is 4. The second kappa shape index (κ2) is 50.3. The standard InChI is InChI=1S/C68H111N19O21/c1-9-12-22-49(89)86-55(37(7)11-3)65(106)77-38(8)56(97)79-42(23-26-48(69)88)58(99)82-43(24-27-51(91)92)59(100)84-45(31-35(4)5)62(103)81-40(20-16-29-74-67(70)71)57(98)80-41(21-17-30-75-68(72)73)61(102)87-54(36(6)10-2)64(105)76-34-50(90)78-46(33-53(95)96)63(104)83-44(25-28-52(93)94)60(101)85-47(66(107)108)32-39-18-14-13-15-19-39/h13-15,18-19,35-38,40-47,54-55H,9-12,16-17,20-34H2,1-8H3,(H2,69,88)(H,76,105)(H,77,106)(H,78,90)(H,79,97)(H,80,98)(H,81,103)(H,82,99)(H,83,104)(H,84,100)(H,85,101)(H,86,89)(H,87,102)(H,91,92)(H,93,94)(H,95,96)(H,107,108)(H4,70,71,74)(H4,72,73,75)/t36-,37-,38-,40-,41-,42-,43-,44-,45-,46-,47-,54-,55-/m0/s1. The molecule has 0 radical (unpaired) electrons. The summed E-state index contributed by atoms with van der Waals surface area (Å²) in [7, 11) is 0. The van der Waals surface area contributed by atoms with E-state index in [0.717, 1.165) is 0 Å². The van der Waals surface area contributed by atoms with E-state index in [9.17, 15) is 102 Å². The second-order valence-electron chi connectivity index (χ2n) is 26.4. The molecule has 26 N–H and O–H groups in total. The molecule has 0 bridgehead atoms. The summed E-state index contributed by atoms with van der Waals surface area (Å²) in [6.45, 7) is 12.0. The third-order valence-electron chi connectivity index (χ3n) is 16.8. The van der Waals surface area contributed by atoms with E-state index in [0.29, 0.717) is 24.8 Å². The van der Waals surface area contributed by atoms with Crippen LogP contribution in [0.1, 0.15) is 170 Å². The number of hydrogen-bond donors (Lipinski definition) is 21. The molecular weight excluding hydrogens is 1420 g/mol. The second-order valence-corrected chi connectivity index (χ2v) is 26.4. The molecule has 0 aliphatic rings. The summed E-state index contributed by atoms with van der Waals surface area (Å²) in [4.78, 5) is 234. The molecule has 1 aromatic rings. The van der Waals surface area contributed by atoms with Crippen molar-refractivity contribution in [3.8, 4) is 0 Å². The van der Waals surface area contributed by atoms with E-state index >= 15 is 0 Å². The summed E-state index contributed by atoms with van der Waals surface area (Å²) in [5.74, 6) is -21.1. The van der Waals surface area contributed by atoms with Crippen molar-refractivity contribution in [3.05, 3.63) is 35.9 Å². The van der Waals surface area contributed by atoms with Crippen LogP contribution in [0.15, 0.2) is 40.3 Å². The number of nitrogens with zero attached hydrogens (tertiary/aromatic N) is 2. The van der Waals surface area contributed by atoms with Crippen LogP contribution in [0.2, 0.25) is 0 Å². The molecule has 0 aliphatic carbocycles. The Bertz CT molecular complexity index is 3300. The molecule has 0 heterocycles. The molecule has 40 nitrogen and oxygen atoms in total. The Morgan fingerprint density at radius 2 is 0.806 bits per heavy atom. The lowest BCUT2D eigenvalue weighted by atomic mass is 9.97. The SMILES string of the molecule is CCCCC(=O)N[C@H](C(=O)N[C@@H](C)C(=O)N[C@@H](CCC(N)=O)C(=O)N[C@@H](CCC(=O)O)C(=O)N[C@@H](CC(C)C)C(=O)N[C@@H](CCCN=C(N)N)C(=O)N[C@@H](CCCN=C(N)N)C(=O)N[C@H](C(=O)NCC(=O)N[C@@H](CC(=O)O)C(=O)N[C@@H](CCC(=O)O)C(=O)N[C@@H](Cc1ccccc1)C(=O)O)[C@@H](C)CC)[C@@H](C)CC. The molecule has 40 heteroatoms. The lowest BCUT2D eigenvalue weighted by Crippen LogP contribution is -2.60. The van der Waals surface area contributed by atoms with Crippen LogP contribution in [0, 0.1) is 17.8 Å². The molecule has 0 spiro atoms. The van der Waals surface area contributed by atoms with E-state index in [-0.39, 0.29) is 88.2 Å². The summed E-state index contributed by atoms with van der Waals surface area (Å²) in [5.41, 5.74) is 28.1. The van der Waals surface area contributed by atoms with Crippen LogP contribution in [-0.2, 0) is 87.9 Å². The van der Waals surface area contributed by atoms with E-state index in [4.69, 9.17) is 28.7 Å². The van der Waals surface area contributed by atoms with Gasteiger partial charge in [-0.05, 0) is 88.0 Å². The van der Waals surface area contributed by atoms with Gasteiger partial charge >= 0.3 is 23.9 Å². The number of hydrogen-bond acceptors (Lipinski definition) is 19. The molecule has 13 atom stereocenters. The third-order valence-corrected chi connectivity index (χ3v) is 16.8. The summed E-state index contributed by atoms with van der Waals surface area (Å²) in [6.07, 6.45) is -3.63. The highest BCUT2D eigenvalue weighted by Gasteiger charge is 2.38. The van der Waals surface area contributed by atoms with Crippen molar-refractivity contribution in [2.75, 3.05) is 19.6 Å². The van der Waals surface area contributed by atoms with Gasteiger partial charge in [0, 0.05) is 45.2 Å². The Morgan fingerprint density at radius 1 is 0.398 bits per heavy atom. The number of unbranched alkanes of at least 4 members (excludes halogenated alkanes) is 1. The molecule has 0 saturated heterocycles. The molecular formula is C68H111N19O21. The Morgan fingerprint density at radius 3 is 1.22 bits per heavy atom. The molecule has 13 amide bonds. The van der Waals surface area contributed by atoms with Gasteiger partial charge in [-0.2, -0.15) is 0 Å². The summed E-state index contributed by atoms with van der Waals surface area (Å²) < 4.78 is 0. The first-order valence-electron chi connectivity index (χ1n) is 35.6. The van der Waals surface area contributed by atoms with Gasteiger partial charge in [0.15, 0.2) is 11.9 Å². The first-order chi connectivity index (χ1) is 50.7. The normalized spacial score (nSPS) is 14.5. The van der Waals surface area contributed by atoms with Gasteiger partial charge in [-0.25, -0.2) is 4.79 Å². The molecule has 0 aromatic heterocycles. The molecule has 1 rings (SSSR count). The fourth-order valence-corrected chi connectivity index (χ4v) is 10.4. The molecule has 604 valence electrons. The molecule has 0 unspecified atom stereocenters. The number of carbonyl (C=O) groups is 17. The van der Waals surface area contributed by atoms with Crippen molar-refractivity contribution in [1.29, 1.82) is 0 Å². The first kappa shape index (κ1) is 94.8. The van der Waals surface area contributed by atoms with Gasteiger partial charge < -0.3 is 113 Å². The number of nitrogens with two attached hydrogens (primary N) is 5. The fourth-order valence-electron chi connectivity index (χ4n) is 10.4. The number of amides is 13. The van der Waals surface area contributed by atoms with E-state index < -0.39 is 225 Å². The van der Waals surface area contributed by atoms with Crippen LogP contribution in [0.5, 0.6) is 0 Å². The van der Waals surface area contributed by atoms with Gasteiger partial charge in [0.05, 0.1) is 13.0 Å². The zero-order chi connectivity index (χ0) is 81.9. The van der Waals surface area contributed by atoms with Crippen LogP contribution in [0.25, 0.3) is 0 Å². The van der Waals surface area contributed by atoms with Crippen LogP contribution < -0.4 is 92.5 Å². The third kappa shape index (κ3) is 38.7. The highest BCUT2D eigenvalue weighted by molar-refractivity contribution is 6.00. The summed E-state index contributed by atoms with van der Waals surface area (Å²) in [5, 5.41) is 67.9. The number of carboxylic acid groups (broad SMARTS) is 4. The van der Waals surface area contributed by atoms with Gasteiger partial charge in [0.2, 0.25) is 76.8 Å². The summed E-state index contributed by atoms with van der Waals surface area (Å²) in [6, 6.07) is -9.33. The predicted molar refractivity (Wildman–Crippen MR) is 390 cm³/mol. The number of guanidine groups is 2. The van der Waals surface area contributed by atoms with Crippen molar-refractivity contribution < 1.29 is 102 Å². The Hall–Kier alpha value is -11.3. The Labute approximate surface area is 625 Å². The maximum Gasteiger partial charge on any atom is 0.326 e. The van der Waals surface area contributed by atoms with Crippen molar-refractivity contribution in [1.82, 2.24) is 63.8 Å². The zero-order valence-corrected chi connectivity index (χ0v) is 62.3. The number of primary amides is 1. The zero-order valence-electron chi connectivity index (χ0n) is 62.3. The van der Waals surface area contributed by atoms with Gasteiger partial charge in [-0.3, -0.25) is 86.7 Å². The van der Waals surface area contributed by atoms with Crippen molar-refractivity contribution in [2.24, 2.45) is 56.4 Å². The molecule has 0 saturated carbocycles. The average Bonchev–Trinajstić information content (AvgIpc) is 0.870. The van der Waals surface area contributed by atoms with Crippen molar-refractivity contribution in [3.63, 3.8) is 0 Å². The quantitative estimate of drug-likeness (QED) is 0.0167. The number of benzene rings is 1. The van der Waals surface area contributed by atoms with E-state index in [1.165, 1.54) is 13.8 Å². The predicted octanol–water partition coefficient (Wildman–Crippen LogP) is -4.31. The van der Waals surface area contributed by atoms with Gasteiger partial charge in [-0.15, -0.1) is 0 Å². The largest absolute Gasteiger partial charge is 0.481 e. The Balaban J connectivity index is 3.67. The van der Waals surface area contributed by atoms with Crippen molar-refractivity contribution in [2.45, 2.75) is 237 Å². The van der Waals surface area contributed by atoms with Crippen LogP contribution >= 0.6 is 0 Å². The highest BCUT2D eigenvalue weighted by Crippen LogP contribution is 2.15. The van der Waals surface area contributed by atoms with E-state index in [1.54, 1.807) is 65.0 Å². The van der Waals surface area contributed by atoms with Crippen LogP contribution in [0.4, 0.5) is 0 Å². The maximum atomic E-state index is 14.7. The van der Waals surface area contributed by atoms with Gasteiger partial charge in [-0.1, -0.05) is 98.1 Å². The topological polar surface area (TPSA) is 670 Å². The smallest absolute Gasteiger partial charge is 0.326 e. The lowest BCUT2D eigenvalue weighted by Gasteiger charge is -2.29. The number of aliphatic imine (C=N–C) groups is 2. The minimum Gasteiger partial charge on any atom is -0.481 e. The molecule has 1 aromatic carbocycles. The number of rotatable bonds is 54. The Kier molecular flexibility index (Phi) is 44.1. The van der Waals surface area contributed by atoms with Crippen molar-refractivity contribution >= 4 is 113 Å². The molecule has 108 heavy (non-hydrogen) atoms. The highest BCUT2D eigenvalue weighted by atomic mass is 16.4. The fraction of sp³-hybridized carbons (Fsp3) is 0.632. The number of carbonyl (C=O) groups excluding carboxylic acids is 13. The van der Waals surface area contributed by atoms with Gasteiger partial charge in [0.25, 0.3) is 0 Å². The summed E-state index contributed by atoms with van der Waals surface area (Å²) >= 11 is 0. The first-order valence-corrected chi connectivity index (χ1v) is 35.6. The minimum absolute atomic E-state index is 0.0107. The number of aliphatic carboxylic acids is 4. The average molecular weight is 1530 g/mol. The minimum atomic E-state index is -1.99. The molecule has 0 fully saturated rings. The lowest BCUT2D eigenvalue weighted by molar-refractivity contribution is -0.143. The van der Waals surface area contributed by atoms with Crippen LogP contribution in [-0.4, -0.2) is 219 Å². The number of nitrogens with one attached hydrogen (secondary N) is 12. The monoisotopic (exact) mass is 1530 g/mol. The van der Waals surface area contributed by atoms with Crippen LogP contribution in [0.3, 0.4) is 0 Å². The van der Waals surface area contributed by atoms with E-state index in [1.807, 2.05) is 6.92 Å². The maximum absolute atomic E-state index is 14.7. The molecule has 0 aliphatic heterocycles.